The molecule has 0 radical (unpaired) electrons. The smallest absolute Gasteiger partial charge is 0.245 e. The summed E-state index contributed by atoms with van der Waals surface area (Å²) in [6.45, 7) is 1.63. The fraction of sp³-hybridized carbons (Fsp3) is 0.286. The molecule has 13 heavy (non-hydrogen) atoms. The first-order valence-corrected chi connectivity index (χ1v) is 4.59. The maximum absolute atomic E-state index is 10.4. The third kappa shape index (κ3) is 1.29. The number of nitrogens with zero attached hydrogens (tertiary/aromatic N) is 3. The molecule has 5 nitrogen and oxygen atoms in total. The van der Waals surface area contributed by atoms with Crippen LogP contribution in [0.2, 0.25) is 0 Å². The van der Waals surface area contributed by atoms with Gasteiger partial charge in [-0.25, -0.2) is 4.98 Å². The van der Waals surface area contributed by atoms with E-state index in [2.05, 4.69) is 4.98 Å². The number of hydrogen-bond acceptors (Lipinski definition) is 4. The highest BCUT2D eigenvalue weighted by Crippen LogP contribution is 2.16. The minimum Gasteiger partial charge on any atom is -0.288 e. The predicted octanol–water partition coefficient (Wildman–Crippen LogP) is 1.48. The molecule has 2 aromatic heterocycles. The Morgan fingerprint density at radius 1 is 1.77 bits per heavy atom. The number of hydrogen-bond donors (Lipinski definition) is 0. The lowest BCUT2D eigenvalue weighted by molar-refractivity contribution is -0.497. The van der Waals surface area contributed by atoms with Crippen molar-refractivity contribution in [3.8, 4) is 0 Å². The third-order valence-corrected chi connectivity index (χ3v) is 2.60. The molecule has 0 amide bonds. The molecule has 0 aliphatic carbocycles. The summed E-state index contributed by atoms with van der Waals surface area (Å²) in [5.74, 6) is 0. The molecule has 0 spiro atoms. The Bertz CT molecular complexity index is 459. The van der Waals surface area contributed by atoms with E-state index in [1.165, 1.54) is 11.3 Å². The number of aromatic nitrogens is 2. The molecule has 0 N–H and O–H groups in total. The van der Waals surface area contributed by atoms with Gasteiger partial charge in [0.25, 0.3) is 0 Å². The second-order valence-electron chi connectivity index (χ2n) is 2.69. The Kier molecular flexibility index (Phi) is 1.77. The number of aryl methyl sites for hydroxylation is 1. The number of fused-ring (bicyclic) bond motifs is 1. The van der Waals surface area contributed by atoms with E-state index in [1.54, 1.807) is 17.5 Å². The first-order chi connectivity index (χ1) is 6.18. The van der Waals surface area contributed by atoms with Crippen LogP contribution in [0.3, 0.4) is 0 Å². The summed E-state index contributed by atoms with van der Waals surface area (Å²) in [6, 6.07) is 0. The third-order valence-electron chi connectivity index (χ3n) is 1.84. The van der Waals surface area contributed by atoms with Gasteiger partial charge in [0.2, 0.25) is 6.54 Å². The number of rotatable bonds is 2. The Morgan fingerprint density at radius 3 is 3.23 bits per heavy atom. The molecule has 0 fully saturated rings. The van der Waals surface area contributed by atoms with Gasteiger partial charge in [-0.3, -0.25) is 14.5 Å². The molecule has 2 rings (SSSR count). The zero-order valence-corrected chi connectivity index (χ0v) is 7.74. The van der Waals surface area contributed by atoms with E-state index in [4.69, 9.17) is 0 Å². The van der Waals surface area contributed by atoms with Crippen LogP contribution in [0, 0.1) is 17.0 Å². The molecule has 0 bridgehead atoms. The van der Waals surface area contributed by atoms with Crippen molar-refractivity contribution >= 4 is 16.3 Å². The molecular formula is C7H7N3O2S. The maximum Gasteiger partial charge on any atom is 0.245 e. The van der Waals surface area contributed by atoms with Crippen molar-refractivity contribution in [3.05, 3.63) is 33.1 Å². The van der Waals surface area contributed by atoms with Crippen molar-refractivity contribution in [2.24, 2.45) is 0 Å². The van der Waals surface area contributed by atoms with Gasteiger partial charge in [0.05, 0.1) is 5.69 Å². The molecule has 68 valence electrons. The fourth-order valence-electron chi connectivity index (χ4n) is 1.25. The van der Waals surface area contributed by atoms with E-state index >= 15 is 0 Å². The summed E-state index contributed by atoms with van der Waals surface area (Å²) in [5.41, 5.74) is 1.41. The SMILES string of the molecule is Cc1nc2sccn2c1C[N+](=O)[O-]. The average molecular weight is 197 g/mol. The molecule has 0 aliphatic heterocycles. The number of imidazole rings is 1. The largest absolute Gasteiger partial charge is 0.288 e. The highest BCUT2D eigenvalue weighted by molar-refractivity contribution is 7.15. The maximum atomic E-state index is 10.4. The summed E-state index contributed by atoms with van der Waals surface area (Å²) < 4.78 is 1.77. The summed E-state index contributed by atoms with van der Waals surface area (Å²) in [7, 11) is 0. The van der Waals surface area contributed by atoms with E-state index in [0.29, 0.717) is 5.69 Å². The fourth-order valence-corrected chi connectivity index (χ4v) is 2.03. The van der Waals surface area contributed by atoms with Crippen molar-refractivity contribution < 1.29 is 4.92 Å². The second kappa shape index (κ2) is 2.81. The molecule has 0 aromatic carbocycles. The number of nitro groups is 1. The topological polar surface area (TPSA) is 60.4 Å². The van der Waals surface area contributed by atoms with Crippen molar-refractivity contribution in [1.29, 1.82) is 0 Å². The van der Waals surface area contributed by atoms with E-state index in [9.17, 15) is 10.1 Å². The lowest BCUT2D eigenvalue weighted by Crippen LogP contribution is -2.02. The standard InChI is InChI=1S/C7H7N3O2S/c1-5-6(4-10(11)12)9-2-3-13-7(9)8-5/h2-3H,4H2,1H3. The summed E-state index contributed by atoms with van der Waals surface area (Å²) in [4.78, 5) is 15.0. The quantitative estimate of drug-likeness (QED) is 0.541. The van der Waals surface area contributed by atoms with E-state index in [1.807, 2.05) is 5.38 Å². The molecule has 0 atom stereocenters. The molecule has 2 aromatic rings. The van der Waals surface area contributed by atoms with E-state index < -0.39 is 0 Å². The zero-order chi connectivity index (χ0) is 9.42. The summed E-state index contributed by atoms with van der Waals surface area (Å²) in [5, 5.41) is 12.2. The van der Waals surface area contributed by atoms with Crippen LogP contribution in [0.1, 0.15) is 11.4 Å². The highest BCUT2D eigenvalue weighted by Gasteiger charge is 2.13. The van der Waals surface area contributed by atoms with Gasteiger partial charge >= 0.3 is 0 Å². The molecular weight excluding hydrogens is 190 g/mol. The lowest BCUT2D eigenvalue weighted by Gasteiger charge is -1.93. The second-order valence-corrected chi connectivity index (χ2v) is 3.56. The molecule has 6 heteroatoms. The van der Waals surface area contributed by atoms with Crippen LogP contribution in [0.25, 0.3) is 4.96 Å². The van der Waals surface area contributed by atoms with Gasteiger partial charge < -0.3 is 0 Å². The monoisotopic (exact) mass is 197 g/mol. The molecule has 0 unspecified atom stereocenters. The summed E-state index contributed by atoms with van der Waals surface area (Å²) in [6.07, 6.45) is 1.80. The van der Waals surface area contributed by atoms with Crippen molar-refractivity contribution in [1.82, 2.24) is 9.38 Å². The Hall–Kier alpha value is -1.43. The average Bonchev–Trinajstić information content (AvgIpc) is 2.55. The predicted molar refractivity (Wildman–Crippen MR) is 48.5 cm³/mol. The molecule has 2 heterocycles. The van der Waals surface area contributed by atoms with Crippen LogP contribution in [0.4, 0.5) is 0 Å². The van der Waals surface area contributed by atoms with Crippen LogP contribution in [-0.2, 0) is 6.54 Å². The van der Waals surface area contributed by atoms with Gasteiger partial charge in [-0.05, 0) is 6.92 Å². The van der Waals surface area contributed by atoms with Gasteiger partial charge in [-0.15, -0.1) is 11.3 Å². The first kappa shape index (κ1) is 8.18. The van der Waals surface area contributed by atoms with Crippen LogP contribution in [0.5, 0.6) is 0 Å². The van der Waals surface area contributed by atoms with Crippen molar-refractivity contribution in [2.75, 3.05) is 0 Å². The van der Waals surface area contributed by atoms with Crippen LogP contribution in [0.15, 0.2) is 11.6 Å². The van der Waals surface area contributed by atoms with E-state index in [0.717, 1.165) is 10.7 Å². The molecule has 0 saturated heterocycles. The zero-order valence-electron chi connectivity index (χ0n) is 6.93. The van der Waals surface area contributed by atoms with Gasteiger partial charge in [-0.1, -0.05) is 0 Å². The lowest BCUT2D eigenvalue weighted by atomic mass is 10.3. The number of thiazole rings is 1. The molecule has 0 saturated carbocycles. The van der Waals surface area contributed by atoms with Crippen LogP contribution >= 0.6 is 11.3 Å². The minimum absolute atomic E-state index is 0.163. The Morgan fingerprint density at radius 2 is 2.54 bits per heavy atom. The van der Waals surface area contributed by atoms with Gasteiger partial charge in [0, 0.05) is 16.5 Å². The Balaban J connectivity index is 2.57. The normalized spacial score (nSPS) is 10.8. The van der Waals surface area contributed by atoms with Gasteiger partial charge in [-0.2, -0.15) is 0 Å². The van der Waals surface area contributed by atoms with E-state index in [-0.39, 0.29) is 11.5 Å². The highest BCUT2D eigenvalue weighted by atomic mass is 32.1. The summed E-state index contributed by atoms with van der Waals surface area (Å²) >= 11 is 1.48. The van der Waals surface area contributed by atoms with Gasteiger partial charge in [0.1, 0.15) is 5.69 Å². The van der Waals surface area contributed by atoms with Crippen molar-refractivity contribution in [3.63, 3.8) is 0 Å². The van der Waals surface area contributed by atoms with Crippen molar-refractivity contribution in [2.45, 2.75) is 13.5 Å². The Labute approximate surface area is 77.8 Å². The van der Waals surface area contributed by atoms with Crippen LogP contribution < -0.4 is 0 Å². The minimum atomic E-state index is -0.339. The van der Waals surface area contributed by atoms with Crippen LogP contribution in [-0.4, -0.2) is 14.3 Å². The molecule has 0 aliphatic rings. The van der Waals surface area contributed by atoms with Gasteiger partial charge in [0.15, 0.2) is 4.96 Å². The first-order valence-electron chi connectivity index (χ1n) is 3.71.